The Morgan fingerprint density at radius 2 is 1.65 bits per heavy atom. The van der Waals surface area contributed by atoms with E-state index in [0.717, 1.165) is 12.3 Å². The summed E-state index contributed by atoms with van der Waals surface area (Å²) in [4.78, 5) is 3.25. The van der Waals surface area contributed by atoms with Gasteiger partial charge in [-0.15, -0.1) is 0 Å². The number of pyridine rings is 1. The Hall–Kier alpha value is -1.77. The van der Waals surface area contributed by atoms with E-state index in [9.17, 15) is 8.78 Å². The van der Waals surface area contributed by atoms with Crippen LogP contribution in [0.2, 0.25) is 0 Å². The zero-order valence-corrected chi connectivity index (χ0v) is 15.7. The zero-order chi connectivity index (χ0) is 18.4. The van der Waals surface area contributed by atoms with Gasteiger partial charge in [0.05, 0.1) is 0 Å². The van der Waals surface area contributed by atoms with E-state index in [1.54, 1.807) is 0 Å². The van der Waals surface area contributed by atoms with Crippen molar-refractivity contribution in [3.05, 3.63) is 65.0 Å². The van der Waals surface area contributed by atoms with Gasteiger partial charge in [0.2, 0.25) is 11.9 Å². The summed E-state index contributed by atoms with van der Waals surface area (Å²) in [7, 11) is 0. The first-order valence-corrected chi connectivity index (χ1v) is 10.1. The lowest BCUT2D eigenvalue weighted by Gasteiger charge is -2.29. The highest BCUT2D eigenvalue weighted by Crippen LogP contribution is 2.37. The lowest BCUT2D eigenvalue weighted by Crippen LogP contribution is -2.13. The van der Waals surface area contributed by atoms with E-state index in [0.29, 0.717) is 17.9 Å². The lowest BCUT2D eigenvalue weighted by atomic mass is 9.77. The van der Waals surface area contributed by atoms with E-state index < -0.39 is 11.9 Å². The number of unbranched alkanes of at least 4 members (excludes halogenated alkanes) is 1. The number of aryl methyl sites for hydroxylation is 2. The maximum atomic E-state index is 13.6. The summed E-state index contributed by atoms with van der Waals surface area (Å²) in [6, 6.07) is 11.5. The molecule has 1 aromatic carbocycles. The van der Waals surface area contributed by atoms with Gasteiger partial charge in [-0.05, 0) is 73.6 Å². The van der Waals surface area contributed by atoms with Gasteiger partial charge in [0.25, 0.3) is 0 Å². The summed E-state index contributed by atoms with van der Waals surface area (Å²) in [5.74, 6) is 0.173. The van der Waals surface area contributed by atoms with Gasteiger partial charge in [-0.25, -0.2) is 0 Å². The molecule has 0 N–H and O–H groups in total. The van der Waals surface area contributed by atoms with Gasteiger partial charge >= 0.3 is 0 Å². The van der Waals surface area contributed by atoms with Crippen LogP contribution in [0.3, 0.4) is 0 Å². The number of hydrogen-bond donors (Lipinski definition) is 0. The predicted octanol–water partition coefficient (Wildman–Crippen LogP) is 6.61. The minimum Gasteiger partial charge on any atom is -0.190 e. The molecule has 1 aromatic heterocycles. The summed E-state index contributed by atoms with van der Waals surface area (Å²) < 4.78 is 26.5. The van der Waals surface area contributed by atoms with Crippen molar-refractivity contribution in [1.82, 2.24) is 4.98 Å². The Morgan fingerprint density at radius 1 is 0.923 bits per heavy atom. The van der Waals surface area contributed by atoms with Crippen LogP contribution in [0, 0.1) is 17.8 Å². The van der Waals surface area contributed by atoms with Gasteiger partial charge in [-0.2, -0.15) is 13.8 Å². The first kappa shape index (κ1) is 19.0. The molecule has 0 spiro atoms. The average Bonchev–Trinajstić information content (AvgIpc) is 2.66. The van der Waals surface area contributed by atoms with Crippen LogP contribution in [-0.2, 0) is 12.8 Å². The molecule has 1 nitrogen and oxygen atoms in total. The van der Waals surface area contributed by atoms with Crippen LogP contribution >= 0.6 is 0 Å². The molecule has 3 heteroatoms. The van der Waals surface area contributed by atoms with Gasteiger partial charge in [0.1, 0.15) is 0 Å². The Bertz CT molecular complexity index is 688. The third kappa shape index (κ3) is 5.12. The highest BCUT2D eigenvalue weighted by atomic mass is 19.1. The topological polar surface area (TPSA) is 12.9 Å². The quantitative estimate of drug-likeness (QED) is 0.508. The molecular formula is C23H29F2N. The fraction of sp³-hybridized carbons (Fsp3) is 0.522. The average molecular weight is 357 g/mol. The molecule has 0 bridgehead atoms. The van der Waals surface area contributed by atoms with Gasteiger partial charge in [0, 0.05) is 5.56 Å². The molecule has 0 unspecified atom stereocenters. The summed E-state index contributed by atoms with van der Waals surface area (Å²) in [6.45, 7) is 2.27. The summed E-state index contributed by atoms with van der Waals surface area (Å²) in [5, 5.41) is 0. The maximum absolute atomic E-state index is 13.6. The van der Waals surface area contributed by atoms with Crippen LogP contribution in [0.25, 0.3) is 0 Å². The second-order valence-electron chi connectivity index (χ2n) is 7.69. The number of nitrogens with zero attached hydrogens (tertiary/aromatic N) is 1. The summed E-state index contributed by atoms with van der Waals surface area (Å²) in [6.07, 6.45) is 10.7. The number of hydrogen-bond acceptors (Lipinski definition) is 1. The van der Waals surface area contributed by atoms with Crippen LogP contribution in [-0.4, -0.2) is 4.98 Å². The molecule has 1 aliphatic carbocycles. The molecule has 0 saturated heterocycles. The van der Waals surface area contributed by atoms with Crippen molar-refractivity contribution in [1.29, 1.82) is 0 Å². The van der Waals surface area contributed by atoms with E-state index in [4.69, 9.17) is 0 Å². The normalized spacial score (nSPS) is 20.3. The molecule has 140 valence electrons. The van der Waals surface area contributed by atoms with Crippen LogP contribution in [0.1, 0.15) is 74.5 Å². The molecule has 1 saturated carbocycles. The third-order valence-electron chi connectivity index (χ3n) is 5.84. The molecular weight excluding hydrogens is 328 g/mol. The molecule has 0 atom stereocenters. The molecule has 1 fully saturated rings. The van der Waals surface area contributed by atoms with Gasteiger partial charge in [0.15, 0.2) is 0 Å². The van der Waals surface area contributed by atoms with Crippen molar-refractivity contribution in [2.75, 3.05) is 0 Å². The highest BCUT2D eigenvalue weighted by Gasteiger charge is 2.21. The van der Waals surface area contributed by atoms with E-state index >= 15 is 0 Å². The molecule has 0 radical (unpaired) electrons. The molecule has 1 aliphatic rings. The zero-order valence-electron chi connectivity index (χ0n) is 15.7. The van der Waals surface area contributed by atoms with E-state index in [-0.39, 0.29) is 0 Å². The second-order valence-corrected chi connectivity index (χ2v) is 7.69. The minimum atomic E-state index is -0.764. The van der Waals surface area contributed by atoms with Crippen molar-refractivity contribution < 1.29 is 8.78 Å². The van der Waals surface area contributed by atoms with Crippen LogP contribution < -0.4 is 0 Å². The van der Waals surface area contributed by atoms with Crippen molar-refractivity contribution in [3.8, 4) is 0 Å². The van der Waals surface area contributed by atoms with Crippen molar-refractivity contribution in [2.24, 2.45) is 5.92 Å². The van der Waals surface area contributed by atoms with Crippen molar-refractivity contribution in [2.45, 2.75) is 70.6 Å². The first-order valence-electron chi connectivity index (χ1n) is 10.1. The molecule has 26 heavy (non-hydrogen) atoms. The maximum Gasteiger partial charge on any atom is 0.218 e. The number of halogens is 2. The Kier molecular flexibility index (Phi) is 6.76. The first-order chi connectivity index (χ1) is 12.7. The SMILES string of the molecule is CCCCC1CCC(c2ccc(CCc3ccc(F)nc3F)cc2)CC1. The van der Waals surface area contributed by atoms with E-state index in [1.807, 2.05) is 0 Å². The van der Waals surface area contributed by atoms with Crippen molar-refractivity contribution in [3.63, 3.8) is 0 Å². The lowest BCUT2D eigenvalue weighted by molar-refractivity contribution is 0.304. The smallest absolute Gasteiger partial charge is 0.190 e. The standard InChI is InChI=1S/C23H29F2N/c1-2-3-4-17-5-10-19(11-6-17)20-12-7-18(8-13-20)9-14-21-15-16-22(24)26-23(21)25/h7-8,12-13,15-17,19H,2-6,9-11,14H2,1H3. The summed E-state index contributed by atoms with van der Waals surface area (Å²) in [5.41, 5.74) is 3.10. The van der Waals surface area contributed by atoms with Crippen molar-refractivity contribution >= 4 is 0 Å². The van der Waals surface area contributed by atoms with Gasteiger partial charge in [-0.1, -0.05) is 50.5 Å². The Labute approximate surface area is 155 Å². The monoisotopic (exact) mass is 357 g/mol. The molecule has 1 heterocycles. The van der Waals surface area contributed by atoms with E-state index in [2.05, 4.69) is 36.2 Å². The molecule has 0 amide bonds. The highest BCUT2D eigenvalue weighted by molar-refractivity contribution is 5.27. The number of benzene rings is 1. The van der Waals surface area contributed by atoms with E-state index in [1.165, 1.54) is 68.2 Å². The van der Waals surface area contributed by atoms with Gasteiger partial charge < -0.3 is 0 Å². The van der Waals surface area contributed by atoms with Crippen LogP contribution in [0.15, 0.2) is 36.4 Å². The minimum absolute atomic E-state index is 0.473. The third-order valence-corrected chi connectivity index (χ3v) is 5.84. The molecule has 0 aliphatic heterocycles. The van der Waals surface area contributed by atoms with Crippen LogP contribution in [0.4, 0.5) is 8.78 Å². The fourth-order valence-corrected chi connectivity index (χ4v) is 4.14. The Balaban J connectivity index is 1.51. The Morgan fingerprint density at radius 3 is 2.31 bits per heavy atom. The fourth-order valence-electron chi connectivity index (χ4n) is 4.14. The van der Waals surface area contributed by atoms with Crippen LogP contribution in [0.5, 0.6) is 0 Å². The second kappa shape index (κ2) is 9.25. The predicted molar refractivity (Wildman–Crippen MR) is 102 cm³/mol. The largest absolute Gasteiger partial charge is 0.218 e. The number of rotatable bonds is 7. The summed E-state index contributed by atoms with van der Waals surface area (Å²) >= 11 is 0. The molecule has 3 rings (SSSR count). The molecule has 2 aromatic rings. The van der Waals surface area contributed by atoms with Gasteiger partial charge in [-0.3, -0.25) is 0 Å². The number of aromatic nitrogens is 1.